The van der Waals surface area contributed by atoms with E-state index in [-0.39, 0.29) is 0 Å². The van der Waals surface area contributed by atoms with E-state index in [0.29, 0.717) is 5.92 Å². The summed E-state index contributed by atoms with van der Waals surface area (Å²) in [5.41, 5.74) is 1.30. The first-order valence-electron chi connectivity index (χ1n) is 5.64. The molecule has 0 unspecified atom stereocenters. The maximum Gasteiger partial charge on any atom is 0.126 e. The van der Waals surface area contributed by atoms with E-state index in [1.807, 2.05) is 12.1 Å². The lowest BCUT2D eigenvalue weighted by Gasteiger charge is -2.18. The summed E-state index contributed by atoms with van der Waals surface area (Å²) in [5, 5.41) is 0. The molecule has 2 rings (SSSR count). The summed E-state index contributed by atoms with van der Waals surface area (Å²) in [6, 6.07) is 6.16. The lowest BCUT2D eigenvalue weighted by molar-refractivity contribution is 0.262. The third-order valence-corrected chi connectivity index (χ3v) is 2.47. The van der Waals surface area contributed by atoms with Crippen LogP contribution in [0.4, 0.5) is 0 Å². The van der Waals surface area contributed by atoms with Crippen LogP contribution in [0, 0.1) is 5.92 Å². The number of ether oxygens (including phenoxy) is 2. The molecule has 0 bridgehead atoms. The van der Waals surface area contributed by atoms with Gasteiger partial charge in [0.15, 0.2) is 0 Å². The summed E-state index contributed by atoms with van der Waals surface area (Å²) in [7, 11) is 0. The Morgan fingerprint density at radius 2 is 2.27 bits per heavy atom. The van der Waals surface area contributed by atoms with Crippen LogP contribution < -0.4 is 9.47 Å². The minimum atomic E-state index is 0.557. The highest BCUT2D eigenvalue weighted by molar-refractivity contribution is 5.41. The molecule has 0 atom stereocenters. The molecule has 0 saturated heterocycles. The number of rotatable bonds is 3. The zero-order valence-electron chi connectivity index (χ0n) is 9.45. The first-order valence-corrected chi connectivity index (χ1v) is 5.64. The van der Waals surface area contributed by atoms with Crippen LogP contribution in [0.5, 0.6) is 11.5 Å². The van der Waals surface area contributed by atoms with Crippen molar-refractivity contribution >= 4 is 0 Å². The summed E-state index contributed by atoms with van der Waals surface area (Å²) >= 11 is 0. The Morgan fingerprint density at radius 1 is 1.40 bits per heavy atom. The van der Waals surface area contributed by atoms with Gasteiger partial charge in [-0.15, -0.1) is 0 Å². The summed E-state index contributed by atoms with van der Waals surface area (Å²) in [4.78, 5) is 0. The van der Waals surface area contributed by atoms with Gasteiger partial charge in [-0.05, 0) is 30.4 Å². The summed E-state index contributed by atoms with van der Waals surface area (Å²) < 4.78 is 11.2. The molecule has 82 valence electrons. The van der Waals surface area contributed by atoms with E-state index in [4.69, 9.17) is 9.47 Å². The second kappa shape index (κ2) is 4.56. The van der Waals surface area contributed by atoms with Gasteiger partial charge in [0.1, 0.15) is 11.5 Å². The molecular weight excluding hydrogens is 188 g/mol. The van der Waals surface area contributed by atoms with E-state index in [0.717, 1.165) is 37.6 Å². The zero-order chi connectivity index (χ0) is 10.7. The largest absolute Gasteiger partial charge is 0.493 e. The molecule has 1 aromatic carbocycles. The van der Waals surface area contributed by atoms with Gasteiger partial charge in [-0.25, -0.2) is 0 Å². The smallest absolute Gasteiger partial charge is 0.126 e. The van der Waals surface area contributed by atoms with Crippen LogP contribution in [-0.2, 0) is 6.42 Å². The normalized spacial score (nSPS) is 14.6. The molecular formula is C13H18O2. The van der Waals surface area contributed by atoms with Crippen LogP contribution in [-0.4, -0.2) is 13.2 Å². The van der Waals surface area contributed by atoms with Crippen molar-refractivity contribution in [3.63, 3.8) is 0 Å². The monoisotopic (exact) mass is 206 g/mol. The molecule has 2 heteroatoms. The fourth-order valence-electron chi connectivity index (χ4n) is 1.67. The van der Waals surface area contributed by atoms with Crippen molar-refractivity contribution < 1.29 is 9.47 Å². The maximum atomic E-state index is 5.65. The quantitative estimate of drug-likeness (QED) is 0.756. The fourth-order valence-corrected chi connectivity index (χ4v) is 1.67. The van der Waals surface area contributed by atoms with Gasteiger partial charge in [0, 0.05) is 6.07 Å². The van der Waals surface area contributed by atoms with Crippen molar-refractivity contribution in [3.8, 4) is 11.5 Å². The van der Waals surface area contributed by atoms with E-state index >= 15 is 0 Å². The fraction of sp³-hybridized carbons (Fsp3) is 0.538. The Hall–Kier alpha value is -1.18. The third-order valence-electron chi connectivity index (χ3n) is 2.47. The maximum absolute atomic E-state index is 5.65. The molecule has 2 nitrogen and oxygen atoms in total. The molecule has 0 aliphatic carbocycles. The first kappa shape index (κ1) is 10.3. The van der Waals surface area contributed by atoms with Crippen molar-refractivity contribution in [2.45, 2.75) is 26.7 Å². The standard InChI is InChI=1S/C13H18O2/c1-10(2)9-15-12-6-5-11-4-3-7-14-13(11)8-12/h5-6,8,10H,3-4,7,9H2,1-2H3. The summed E-state index contributed by atoms with van der Waals surface area (Å²) in [6.07, 6.45) is 2.25. The highest BCUT2D eigenvalue weighted by Crippen LogP contribution is 2.29. The lowest BCUT2D eigenvalue weighted by atomic mass is 10.1. The Bertz CT molecular complexity index is 331. The molecule has 0 fully saturated rings. The van der Waals surface area contributed by atoms with E-state index < -0.39 is 0 Å². The highest BCUT2D eigenvalue weighted by Gasteiger charge is 2.10. The summed E-state index contributed by atoms with van der Waals surface area (Å²) in [6.45, 7) is 5.89. The van der Waals surface area contributed by atoms with Gasteiger partial charge in [-0.1, -0.05) is 19.9 Å². The molecule has 0 amide bonds. The second-order valence-corrected chi connectivity index (χ2v) is 4.43. The molecule has 1 heterocycles. The topological polar surface area (TPSA) is 18.5 Å². The van der Waals surface area contributed by atoms with E-state index in [1.54, 1.807) is 0 Å². The number of hydrogen-bond acceptors (Lipinski definition) is 2. The second-order valence-electron chi connectivity index (χ2n) is 4.43. The third kappa shape index (κ3) is 2.65. The van der Waals surface area contributed by atoms with Crippen LogP contribution in [0.1, 0.15) is 25.8 Å². The van der Waals surface area contributed by atoms with Crippen LogP contribution in [0.3, 0.4) is 0 Å². The Morgan fingerprint density at radius 3 is 3.07 bits per heavy atom. The minimum absolute atomic E-state index is 0.557. The number of benzene rings is 1. The van der Waals surface area contributed by atoms with Gasteiger partial charge >= 0.3 is 0 Å². The van der Waals surface area contributed by atoms with Crippen LogP contribution in [0.25, 0.3) is 0 Å². The highest BCUT2D eigenvalue weighted by atomic mass is 16.5. The van der Waals surface area contributed by atoms with Crippen molar-refractivity contribution in [2.75, 3.05) is 13.2 Å². The van der Waals surface area contributed by atoms with Gasteiger partial charge in [0.25, 0.3) is 0 Å². The first-order chi connectivity index (χ1) is 7.25. The number of fused-ring (bicyclic) bond motifs is 1. The zero-order valence-corrected chi connectivity index (χ0v) is 9.45. The molecule has 0 N–H and O–H groups in total. The van der Waals surface area contributed by atoms with E-state index in [9.17, 15) is 0 Å². The van der Waals surface area contributed by atoms with Gasteiger partial charge < -0.3 is 9.47 Å². The van der Waals surface area contributed by atoms with Crippen molar-refractivity contribution in [1.82, 2.24) is 0 Å². The molecule has 1 aromatic rings. The van der Waals surface area contributed by atoms with E-state index in [2.05, 4.69) is 19.9 Å². The van der Waals surface area contributed by atoms with Crippen LogP contribution >= 0.6 is 0 Å². The Kier molecular flexibility index (Phi) is 3.14. The van der Waals surface area contributed by atoms with Crippen molar-refractivity contribution in [2.24, 2.45) is 5.92 Å². The molecule has 0 aromatic heterocycles. The molecule has 0 spiro atoms. The molecule has 0 radical (unpaired) electrons. The van der Waals surface area contributed by atoms with Gasteiger partial charge in [0.05, 0.1) is 13.2 Å². The molecule has 1 aliphatic heterocycles. The summed E-state index contributed by atoms with van der Waals surface area (Å²) in [5.74, 6) is 2.48. The number of aryl methyl sites for hydroxylation is 1. The Balaban J connectivity index is 2.07. The van der Waals surface area contributed by atoms with Crippen molar-refractivity contribution in [3.05, 3.63) is 23.8 Å². The molecule has 15 heavy (non-hydrogen) atoms. The van der Waals surface area contributed by atoms with Crippen LogP contribution in [0.15, 0.2) is 18.2 Å². The van der Waals surface area contributed by atoms with Gasteiger partial charge in [-0.2, -0.15) is 0 Å². The predicted octanol–water partition coefficient (Wildman–Crippen LogP) is 3.05. The number of hydrogen-bond donors (Lipinski definition) is 0. The average Bonchev–Trinajstić information content (AvgIpc) is 2.26. The molecule has 0 saturated carbocycles. The predicted molar refractivity (Wildman–Crippen MR) is 60.6 cm³/mol. The van der Waals surface area contributed by atoms with Crippen LogP contribution in [0.2, 0.25) is 0 Å². The van der Waals surface area contributed by atoms with E-state index in [1.165, 1.54) is 5.56 Å². The Labute approximate surface area is 91.2 Å². The van der Waals surface area contributed by atoms with Gasteiger partial charge in [0.2, 0.25) is 0 Å². The molecule has 1 aliphatic rings. The van der Waals surface area contributed by atoms with Crippen molar-refractivity contribution in [1.29, 1.82) is 0 Å². The van der Waals surface area contributed by atoms with Gasteiger partial charge in [-0.3, -0.25) is 0 Å². The average molecular weight is 206 g/mol. The SMILES string of the molecule is CC(C)COc1ccc2c(c1)OCCC2. The lowest BCUT2D eigenvalue weighted by Crippen LogP contribution is -2.09. The minimum Gasteiger partial charge on any atom is -0.493 e.